The van der Waals surface area contributed by atoms with Gasteiger partial charge in [0.2, 0.25) is 0 Å². The zero-order valence-corrected chi connectivity index (χ0v) is 11.3. The van der Waals surface area contributed by atoms with Gasteiger partial charge < -0.3 is 9.47 Å². The Morgan fingerprint density at radius 2 is 2.22 bits per heavy atom. The molecule has 18 heavy (non-hydrogen) atoms. The zero-order valence-electron chi connectivity index (χ0n) is 11.3. The van der Waals surface area contributed by atoms with E-state index in [1.165, 1.54) is 25.7 Å². The van der Waals surface area contributed by atoms with E-state index >= 15 is 0 Å². The fraction of sp³-hybridized carbons (Fsp3) is 0.667. The summed E-state index contributed by atoms with van der Waals surface area (Å²) in [6.07, 6.45) is 9.61. The molecule has 2 aliphatic rings. The van der Waals surface area contributed by atoms with E-state index in [0.717, 1.165) is 17.8 Å². The van der Waals surface area contributed by atoms with Crippen molar-refractivity contribution in [3.63, 3.8) is 0 Å². The molecule has 1 unspecified atom stereocenters. The van der Waals surface area contributed by atoms with E-state index in [0.29, 0.717) is 12.5 Å². The number of esters is 1. The van der Waals surface area contributed by atoms with Crippen LogP contribution >= 0.6 is 0 Å². The molecule has 1 saturated carbocycles. The Balaban J connectivity index is 2.10. The van der Waals surface area contributed by atoms with Gasteiger partial charge in [-0.05, 0) is 38.3 Å². The lowest BCUT2D eigenvalue weighted by Crippen LogP contribution is -2.18. The SMILES string of the molecule is CCOC(=O)/C=C1\C=C(C2CCCC2)OC(C)C1. The number of carbonyl (C=O) groups is 1. The van der Waals surface area contributed by atoms with Crippen LogP contribution in [0.5, 0.6) is 0 Å². The average Bonchev–Trinajstić information content (AvgIpc) is 2.81. The predicted octanol–water partition coefficient (Wildman–Crippen LogP) is 3.36. The van der Waals surface area contributed by atoms with Crippen LogP contribution in [0, 0.1) is 5.92 Å². The van der Waals surface area contributed by atoms with Gasteiger partial charge in [-0.2, -0.15) is 0 Å². The summed E-state index contributed by atoms with van der Waals surface area (Å²) in [5.74, 6) is 1.38. The van der Waals surface area contributed by atoms with Crippen molar-refractivity contribution >= 4 is 5.97 Å². The summed E-state index contributed by atoms with van der Waals surface area (Å²) < 4.78 is 10.9. The van der Waals surface area contributed by atoms with Gasteiger partial charge in [0, 0.05) is 18.4 Å². The Bertz CT molecular complexity index is 362. The minimum absolute atomic E-state index is 0.159. The highest BCUT2D eigenvalue weighted by molar-refractivity contribution is 5.83. The number of hydrogen-bond donors (Lipinski definition) is 0. The highest BCUT2D eigenvalue weighted by atomic mass is 16.5. The van der Waals surface area contributed by atoms with E-state index in [1.54, 1.807) is 6.08 Å². The standard InChI is InChI=1S/C15H22O3/c1-3-17-15(16)10-12-8-11(2)18-14(9-12)13-6-4-5-7-13/h9-11,13H,3-8H2,1-2H3/b12-10-. The lowest BCUT2D eigenvalue weighted by atomic mass is 9.98. The van der Waals surface area contributed by atoms with Crippen LogP contribution in [0.2, 0.25) is 0 Å². The van der Waals surface area contributed by atoms with E-state index in [9.17, 15) is 4.79 Å². The van der Waals surface area contributed by atoms with E-state index in [-0.39, 0.29) is 12.1 Å². The molecule has 1 heterocycles. The Labute approximate surface area is 109 Å². The van der Waals surface area contributed by atoms with Gasteiger partial charge in [0.15, 0.2) is 0 Å². The van der Waals surface area contributed by atoms with Crippen LogP contribution < -0.4 is 0 Å². The largest absolute Gasteiger partial charge is 0.494 e. The molecule has 3 heteroatoms. The molecule has 1 aliphatic carbocycles. The van der Waals surface area contributed by atoms with Crippen molar-refractivity contribution in [2.24, 2.45) is 5.92 Å². The first kappa shape index (κ1) is 13.2. The molecule has 0 aromatic rings. The molecular weight excluding hydrogens is 228 g/mol. The van der Waals surface area contributed by atoms with Gasteiger partial charge in [0.25, 0.3) is 0 Å². The van der Waals surface area contributed by atoms with Crippen LogP contribution in [0.3, 0.4) is 0 Å². The second kappa shape index (κ2) is 6.07. The minimum Gasteiger partial charge on any atom is -0.494 e. The van der Waals surface area contributed by atoms with Crippen LogP contribution in [0.25, 0.3) is 0 Å². The van der Waals surface area contributed by atoms with Gasteiger partial charge >= 0.3 is 5.97 Å². The molecule has 0 amide bonds. The van der Waals surface area contributed by atoms with Gasteiger partial charge in [-0.1, -0.05) is 12.8 Å². The second-order valence-electron chi connectivity index (χ2n) is 5.13. The van der Waals surface area contributed by atoms with Crippen molar-refractivity contribution in [2.45, 2.75) is 52.1 Å². The second-order valence-corrected chi connectivity index (χ2v) is 5.13. The quantitative estimate of drug-likeness (QED) is 0.569. The third kappa shape index (κ3) is 3.37. The molecule has 3 nitrogen and oxygen atoms in total. The lowest BCUT2D eigenvalue weighted by molar-refractivity contribution is -0.137. The molecule has 0 spiro atoms. The third-order valence-electron chi connectivity index (χ3n) is 3.54. The van der Waals surface area contributed by atoms with Crippen LogP contribution in [0.4, 0.5) is 0 Å². The molecular formula is C15H22O3. The van der Waals surface area contributed by atoms with Crippen molar-refractivity contribution in [1.82, 2.24) is 0 Å². The highest BCUT2D eigenvalue weighted by Crippen LogP contribution is 2.35. The van der Waals surface area contributed by atoms with Crippen molar-refractivity contribution in [1.29, 1.82) is 0 Å². The first-order valence-electron chi connectivity index (χ1n) is 6.94. The molecule has 0 N–H and O–H groups in total. The van der Waals surface area contributed by atoms with Crippen LogP contribution in [-0.4, -0.2) is 18.7 Å². The van der Waals surface area contributed by atoms with E-state index in [2.05, 4.69) is 6.92 Å². The number of rotatable bonds is 3. The van der Waals surface area contributed by atoms with Crippen molar-refractivity contribution in [3.05, 3.63) is 23.5 Å². The van der Waals surface area contributed by atoms with E-state index in [4.69, 9.17) is 9.47 Å². The number of allylic oxidation sites excluding steroid dienone is 2. The topological polar surface area (TPSA) is 35.5 Å². The summed E-state index contributed by atoms with van der Waals surface area (Å²) in [5, 5.41) is 0. The Hall–Kier alpha value is -1.25. The summed E-state index contributed by atoms with van der Waals surface area (Å²) in [6.45, 7) is 4.30. The third-order valence-corrected chi connectivity index (χ3v) is 3.54. The first-order chi connectivity index (χ1) is 8.69. The summed E-state index contributed by atoms with van der Waals surface area (Å²) in [7, 11) is 0. The average molecular weight is 250 g/mol. The Morgan fingerprint density at radius 1 is 1.50 bits per heavy atom. The first-order valence-corrected chi connectivity index (χ1v) is 6.94. The monoisotopic (exact) mass is 250 g/mol. The fourth-order valence-corrected chi connectivity index (χ4v) is 2.74. The fourth-order valence-electron chi connectivity index (χ4n) is 2.74. The van der Waals surface area contributed by atoms with Crippen molar-refractivity contribution < 1.29 is 14.3 Å². The predicted molar refractivity (Wildman–Crippen MR) is 69.9 cm³/mol. The molecule has 0 aromatic heterocycles. The van der Waals surface area contributed by atoms with Crippen molar-refractivity contribution in [2.75, 3.05) is 6.61 Å². The summed E-state index contributed by atoms with van der Waals surface area (Å²) >= 11 is 0. The minimum atomic E-state index is -0.247. The van der Waals surface area contributed by atoms with E-state index < -0.39 is 0 Å². The molecule has 0 bridgehead atoms. The summed E-state index contributed by atoms with van der Waals surface area (Å²) in [4.78, 5) is 11.5. The van der Waals surface area contributed by atoms with Gasteiger partial charge in [-0.3, -0.25) is 0 Å². The molecule has 1 atom stereocenters. The molecule has 0 radical (unpaired) electrons. The summed E-state index contributed by atoms with van der Waals surface area (Å²) in [5.41, 5.74) is 1.04. The molecule has 100 valence electrons. The zero-order chi connectivity index (χ0) is 13.0. The maximum atomic E-state index is 11.5. The normalized spacial score (nSPS) is 26.9. The van der Waals surface area contributed by atoms with Crippen molar-refractivity contribution in [3.8, 4) is 0 Å². The molecule has 1 fully saturated rings. The maximum Gasteiger partial charge on any atom is 0.331 e. The molecule has 2 rings (SSSR count). The van der Waals surface area contributed by atoms with Gasteiger partial charge in [-0.15, -0.1) is 0 Å². The van der Waals surface area contributed by atoms with Gasteiger partial charge in [0.05, 0.1) is 18.5 Å². The number of carbonyl (C=O) groups excluding carboxylic acids is 1. The lowest BCUT2D eigenvalue weighted by Gasteiger charge is -2.26. The molecule has 0 aromatic carbocycles. The number of ether oxygens (including phenoxy) is 2. The van der Waals surface area contributed by atoms with Gasteiger partial charge in [0.1, 0.15) is 0 Å². The van der Waals surface area contributed by atoms with E-state index in [1.807, 2.05) is 13.0 Å². The van der Waals surface area contributed by atoms with Crippen LogP contribution in [0.1, 0.15) is 46.0 Å². The number of hydrogen-bond acceptors (Lipinski definition) is 3. The summed E-state index contributed by atoms with van der Waals surface area (Å²) in [6, 6.07) is 0. The smallest absolute Gasteiger partial charge is 0.331 e. The molecule has 0 saturated heterocycles. The van der Waals surface area contributed by atoms with Crippen LogP contribution in [0.15, 0.2) is 23.5 Å². The van der Waals surface area contributed by atoms with Crippen LogP contribution in [-0.2, 0) is 14.3 Å². The highest BCUT2D eigenvalue weighted by Gasteiger charge is 2.25. The maximum absolute atomic E-state index is 11.5. The van der Waals surface area contributed by atoms with Gasteiger partial charge in [-0.25, -0.2) is 4.79 Å². The Kier molecular flexibility index (Phi) is 4.45. The Morgan fingerprint density at radius 3 is 2.89 bits per heavy atom. The molecule has 1 aliphatic heterocycles.